The van der Waals surface area contributed by atoms with Crippen molar-refractivity contribution >= 4 is 11.1 Å². The van der Waals surface area contributed by atoms with Crippen molar-refractivity contribution in [2.24, 2.45) is 0 Å². The van der Waals surface area contributed by atoms with Crippen LogP contribution >= 0.6 is 0 Å². The predicted octanol–water partition coefficient (Wildman–Crippen LogP) is 4.76. The first-order chi connectivity index (χ1) is 15.3. The molecule has 4 N–H and O–H groups in total. The second-order valence-electron chi connectivity index (χ2n) is 7.59. The summed E-state index contributed by atoms with van der Waals surface area (Å²) in [5.41, 5.74) is 2.81. The lowest BCUT2D eigenvalue weighted by Crippen LogP contribution is -2.06. The van der Waals surface area contributed by atoms with Gasteiger partial charge in [-0.3, -0.25) is 4.79 Å². The third kappa shape index (κ3) is 3.16. The lowest BCUT2D eigenvalue weighted by molar-refractivity contribution is 0.452. The second-order valence-corrected chi connectivity index (χ2v) is 7.59. The van der Waals surface area contributed by atoms with Crippen LogP contribution in [0.2, 0.25) is 0 Å². The molecule has 0 fully saturated rings. The number of rotatable bonds is 2. The molecule has 0 saturated carbocycles. The third-order valence-electron chi connectivity index (χ3n) is 5.31. The monoisotopic (exact) mass is 427 g/mol. The van der Waals surface area contributed by atoms with Crippen molar-refractivity contribution in [2.45, 2.75) is 6.92 Å². The van der Waals surface area contributed by atoms with Crippen LogP contribution in [0.1, 0.15) is 5.56 Å². The van der Waals surface area contributed by atoms with Crippen molar-refractivity contribution in [3.05, 3.63) is 76.5 Å². The first-order valence-electron chi connectivity index (χ1n) is 9.74. The van der Waals surface area contributed by atoms with E-state index in [0.29, 0.717) is 22.3 Å². The number of phenolic OH excluding ortho intramolecular Hbond substituents is 4. The number of benzene rings is 4. The number of fused-ring (bicyclic) bond motifs is 2. The molecule has 0 aromatic heterocycles. The fourth-order valence-corrected chi connectivity index (χ4v) is 3.74. The summed E-state index contributed by atoms with van der Waals surface area (Å²) in [6, 6.07) is 14.9. The normalized spacial score (nSPS) is 11.3. The molecular weight excluding hydrogens is 410 g/mol. The zero-order valence-electron chi connectivity index (χ0n) is 16.8. The maximum atomic E-state index is 12.6. The van der Waals surface area contributed by atoms with Gasteiger partial charge in [-0.15, -0.1) is 0 Å². The Morgan fingerprint density at radius 1 is 0.719 bits per heavy atom. The molecule has 1 aliphatic heterocycles. The van der Waals surface area contributed by atoms with Gasteiger partial charge in [0.25, 0.3) is 0 Å². The molecule has 0 radical (unpaired) electrons. The van der Waals surface area contributed by atoms with Gasteiger partial charge < -0.3 is 24.8 Å². The fourth-order valence-electron chi connectivity index (χ4n) is 3.74. The first-order valence-corrected chi connectivity index (χ1v) is 9.74. The van der Waals surface area contributed by atoms with E-state index < -0.39 is 5.43 Å². The van der Waals surface area contributed by atoms with Gasteiger partial charge in [-0.2, -0.15) is 0 Å². The molecule has 7 heteroatoms. The number of hydrogen-bond acceptors (Lipinski definition) is 7. The quantitative estimate of drug-likeness (QED) is 0.300. The van der Waals surface area contributed by atoms with Crippen molar-refractivity contribution in [3.8, 4) is 56.7 Å². The minimum atomic E-state index is -0.395. The molecule has 0 spiro atoms. The molecule has 2 aliphatic rings. The minimum absolute atomic E-state index is 0.0264. The van der Waals surface area contributed by atoms with Gasteiger partial charge in [0.15, 0.2) is 16.8 Å². The Hall–Kier alpha value is -4.52. The molecule has 158 valence electrons. The SMILES string of the molecule is Cc1ccc(-c2cc3nc4cc(-c5ccc(O)cc5O)c(=O)cc-4oc3cc2O)c(O)c1. The van der Waals surface area contributed by atoms with Gasteiger partial charge in [-0.05, 0) is 42.8 Å². The highest BCUT2D eigenvalue weighted by molar-refractivity contribution is 5.88. The summed E-state index contributed by atoms with van der Waals surface area (Å²) in [5, 5.41) is 40.5. The van der Waals surface area contributed by atoms with Gasteiger partial charge in [0, 0.05) is 40.5 Å². The minimum Gasteiger partial charge on any atom is -0.508 e. The number of nitrogens with zero attached hydrogens (tertiary/aromatic N) is 1. The van der Waals surface area contributed by atoms with Crippen LogP contribution in [0.5, 0.6) is 23.0 Å². The molecule has 0 bridgehead atoms. The van der Waals surface area contributed by atoms with Crippen molar-refractivity contribution in [1.82, 2.24) is 4.98 Å². The van der Waals surface area contributed by atoms with E-state index in [1.165, 1.54) is 30.3 Å². The molecule has 0 unspecified atom stereocenters. The van der Waals surface area contributed by atoms with Crippen LogP contribution in [-0.2, 0) is 0 Å². The summed E-state index contributed by atoms with van der Waals surface area (Å²) in [6.45, 7) is 1.85. The smallest absolute Gasteiger partial charge is 0.190 e. The Kier molecular flexibility index (Phi) is 4.27. The predicted molar refractivity (Wildman–Crippen MR) is 119 cm³/mol. The second kappa shape index (κ2) is 7.02. The molecule has 32 heavy (non-hydrogen) atoms. The van der Waals surface area contributed by atoms with E-state index in [-0.39, 0.29) is 45.5 Å². The molecule has 0 amide bonds. The highest BCUT2D eigenvalue weighted by Crippen LogP contribution is 2.39. The lowest BCUT2D eigenvalue weighted by atomic mass is 10.00. The van der Waals surface area contributed by atoms with E-state index in [1.807, 2.05) is 13.0 Å². The number of aryl methyl sites for hydroxylation is 1. The molecule has 0 atom stereocenters. The van der Waals surface area contributed by atoms with Crippen LogP contribution in [0.4, 0.5) is 0 Å². The number of phenols is 4. The van der Waals surface area contributed by atoms with Gasteiger partial charge in [0.05, 0.1) is 0 Å². The summed E-state index contributed by atoms with van der Waals surface area (Å²) in [7, 11) is 0. The van der Waals surface area contributed by atoms with E-state index in [1.54, 1.807) is 18.2 Å². The van der Waals surface area contributed by atoms with Gasteiger partial charge in [-0.25, -0.2) is 4.98 Å². The number of aromatic nitrogens is 1. The topological polar surface area (TPSA) is 124 Å². The van der Waals surface area contributed by atoms with E-state index in [4.69, 9.17) is 4.42 Å². The largest absolute Gasteiger partial charge is 0.508 e. The number of hydrogen-bond donors (Lipinski definition) is 4. The highest BCUT2D eigenvalue weighted by atomic mass is 16.3. The maximum Gasteiger partial charge on any atom is 0.190 e. The van der Waals surface area contributed by atoms with E-state index in [0.717, 1.165) is 11.6 Å². The van der Waals surface area contributed by atoms with Gasteiger partial charge in [0.1, 0.15) is 34.2 Å². The molecule has 3 aromatic rings. The summed E-state index contributed by atoms with van der Waals surface area (Å²) in [5.74, 6) is -0.214. The highest BCUT2D eigenvalue weighted by Gasteiger charge is 2.18. The Balaban J connectivity index is 1.73. The van der Waals surface area contributed by atoms with Gasteiger partial charge >= 0.3 is 0 Å². The maximum absolute atomic E-state index is 12.6. The Morgan fingerprint density at radius 2 is 1.41 bits per heavy atom. The molecule has 1 aliphatic carbocycles. The molecule has 5 rings (SSSR count). The van der Waals surface area contributed by atoms with Crippen LogP contribution < -0.4 is 5.43 Å². The van der Waals surface area contributed by atoms with E-state index >= 15 is 0 Å². The molecule has 0 saturated heterocycles. The number of aromatic hydroxyl groups is 4. The van der Waals surface area contributed by atoms with Crippen LogP contribution in [0.25, 0.3) is 44.8 Å². The van der Waals surface area contributed by atoms with Crippen molar-refractivity contribution in [1.29, 1.82) is 0 Å². The van der Waals surface area contributed by atoms with Crippen LogP contribution in [0.15, 0.2) is 69.9 Å². The third-order valence-corrected chi connectivity index (χ3v) is 5.31. The summed E-state index contributed by atoms with van der Waals surface area (Å²) in [6.07, 6.45) is 0. The van der Waals surface area contributed by atoms with E-state index in [2.05, 4.69) is 4.98 Å². The standard InChI is InChI=1S/C25H17NO6/c1-12-2-4-14(20(28)6-12)16-8-18-24(10-22(16)30)32-25-11-23(31)17(9-19(25)26-18)15-5-3-13(27)7-21(15)29/h2-11,27-30H,1H3. The lowest BCUT2D eigenvalue weighted by Gasteiger charge is -2.12. The fraction of sp³-hybridized carbons (Fsp3) is 0.0400. The Bertz CT molecular complexity index is 1550. The summed E-state index contributed by atoms with van der Waals surface area (Å²) in [4.78, 5) is 17.2. The first kappa shape index (κ1) is 19.4. The molecule has 1 heterocycles. The van der Waals surface area contributed by atoms with E-state index in [9.17, 15) is 25.2 Å². The van der Waals surface area contributed by atoms with Crippen molar-refractivity contribution in [3.63, 3.8) is 0 Å². The van der Waals surface area contributed by atoms with Crippen LogP contribution in [-0.4, -0.2) is 25.4 Å². The molecule has 3 aromatic carbocycles. The Morgan fingerprint density at radius 3 is 2.16 bits per heavy atom. The average molecular weight is 427 g/mol. The van der Waals surface area contributed by atoms with Gasteiger partial charge in [-0.1, -0.05) is 12.1 Å². The Labute approximate surface area is 181 Å². The zero-order valence-corrected chi connectivity index (χ0v) is 16.8. The summed E-state index contributed by atoms with van der Waals surface area (Å²) < 4.78 is 5.80. The average Bonchev–Trinajstić information content (AvgIpc) is 2.72. The van der Waals surface area contributed by atoms with Gasteiger partial charge in [0.2, 0.25) is 0 Å². The van der Waals surface area contributed by atoms with Crippen molar-refractivity contribution in [2.75, 3.05) is 0 Å². The molecule has 7 nitrogen and oxygen atoms in total. The van der Waals surface area contributed by atoms with Crippen LogP contribution in [0.3, 0.4) is 0 Å². The van der Waals surface area contributed by atoms with Crippen LogP contribution in [0, 0.1) is 6.92 Å². The molecular formula is C25H17NO6. The van der Waals surface area contributed by atoms with Crippen molar-refractivity contribution < 1.29 is 24.8 Å². The zero-order chi connectivity index (χ0) is 22.6. The summed E-state index contributed by atoms with van der Waals surface area (Å²) >= 11 is 0.